The van der Waals surface area contributed by atoms with Gasteiger partial charge in [-0.15, -0.1) is 5.10 Å². The van der Waals surface area contributed by atoms with E-state index in [9.17, 15) is 4.79 Å². The van der Waals surface area contributed by atoms with Gasteiger partial charge in [0.1, 0.15) is 6.54 Å². The first kappa shape index (κ1) is 14.9. The molecule has 1 fully saturated rings. The van der Waals surface area contributed by atoms with E-state index in [4.69, 9.17) is 10.8 Å². The second kappa shape index (κ2) is 7.32. The van der Waals surface area contributed by atoms with Crippen molar-refractivity contribution in [2.24, 2.45) is 5.73 Å². The Morgan fingerprint density at radius 3 is 2.90 bits per heavy atom. The normalized spacial score (nSPS) is 17.2. The highest BCUT2D eigenvalue weighted by Crippen LogP contribution is 2.04. The van der Waals surface area contributed by atoms with E-state index in [1.807, 2.05) is 4.90 Å². The number of carbonyl (C=O) groups excluding carboxylic acids is 1. The van der Waals surface area contributed by atoms with Crippen LogP contribution in [0.2, 0.25) is 0 Å². The number of rotatable bonds is 5. The predicted octanol–water partition coefficient (Wildman–Crippen LogP) is -1.74. The number of hydrogen-bond acceptors (Lipinski definition) is 6. The van der Waals surface area contributed by atoms with Gasteiger partial charge < -0.3 is 15.7 Å². The molecule has 0 unspecified atom stereocenters. The molecule has 1 aliphatic rings. The molecule has 112 valence electrons. The highest BCUT2D eigenvalue weighted by atomic mass is 16.3. The summed E-state index contributed by atoms with van der Waals surface area (Å²) in [5.74, 6) is 0.0457. The van der Waals surface area contributed by atoms with Crippen LogP contribution in [0.4, 0.5) is 0 Å². The average Bonchev–Trinajstić information content (AvgIpc) is 2.76. The van der Waals surface area contributed by atoms with Gasteiger partial charge in [0.25, 0.3) is 0 Å². The van der Waals surface area contributed by atoms with Crippen molar-refractivity contribution in [1.82, 2.24) is 24.8 Å². The van der Waals surface area contributed by atoms with Gasteiger partial charge in [-0.3, -0.25) is 9.69 Å². The SMILES string of the molecule is NCc1cn(CC(=O)N2CCCN(CCO)CC2)nn1. The van der Waals surface area contributed by atoms with Crippen molar-refractivity contribution in [2.75, 3.05) is 39.3 Å². The van der Waals surface area contributed by atoms with Crippen molar-refractivity contribution < 1.29 is 9.90 Å². The molecular formula is C12H22N6O2. The molecule has 20 heavy (non-hydrogen) atoms. The van der Waals surface area contributed by atoms with Crippen LogP contribution in [0.15, 0.2) is 6.20 Å². The van der Waals surface area contributed by atoms with Crippen molar-refractivity contribution in [3.63, 3.8) is 0 Å². The van der Waals surface area contributed by atoms with Crippen LogP contribution in [-0.4, -0.2) is 75.1 Å². The number of aliphatic hydroxyl groups is 1. The van der Waals surface area contributed by atoms with Gasteiger partial charge in [0.05, 0.1) is 18.5 Å². The molecule has 0 spiro atoms. The lowest BCUT2D eigenvalue weighted by molar-refractivity contribution is -0.131. The number of β-amino-alcohol motifs (C(OH)–C–C–N with tert-alkyl or cyclic N) is 1. The number of nitrogens with zero attached hydrogens (tertiary/aromatic N) is 5. The van der Waals surface area contributed by atoms with E-state index in [1.54, 1.807) is 6.20 Å². The Hall–Kier alpha value is -1.51. The summed E-state index contributed by atoms with van der Waals surface area (Å²) in [6, 6.07) is 0. The first-order chi connectivity index (χ1) is 9.72. The van der Waals surface area contributed by atoms with Crippen molar-refractivity contribution in [3.05, 3.63) is 11.9 Å². The van der Waals surface area contributed by atoms with Crippen LogP contribution < -0.4 is 5.73 Å². The van der Waals surface area contributed by atoms with Crippen LogP contribution >= 0.6 is 0 Å². The summed E-state index contributed by atoms with van der Waals surface area (Å²) in [5, 5.41) is 16.7. The van der Waals surface area contributed by atoms with Crippen molar-refractivity contribution in [1.29, 1.82) is 0 Å². The van der Waals surface area contributed by atoms with Crippen molar-refractivity contribution >= 4 is 5.91 Å². The zero-order valence-corrected chi connectivity index (χ0v) is 11.6. The molecule has 1 aliphatic heterocycles. The van der Waals surface area contributed by atoms with E-state index in [0.29, 0.717) is 25.3 Å². The van der Waals surface area contributed by atoms with E-state index in [0.717, 1.165) is 26.1 Å². The molecule has 8 nitrogen and oxygen atoms in total. The average molecular weight is 282 g/mol. The van der Waals surface area contributed by atoms with Gasteiger partial charge in [-0.25, -0.2) is 4.68 Å². The summed E-state index contributed by atoms with van der Waals surface area (Å²) < 4.78 is 1.53. The zero-order chi connectivity index (χ0) is 14.4. The number of carbonyl (C=O) groups is 1. The molecule has 2 heterocycles. The minimum Gasteiger partial charge on any atom is -0.395 e. The molecule has 1 aromatic heterocycles. The Morgan fingerprint density at radius 2 is 2.20 bits per heavy atom. The van der Waals surface area contributed by atoms with Crippen LogP contribution in [0.5, 0.6) is 0 Å². The molecule has 1 saturated heterocycles. The number of amides is 1. The van der Waals surface area contributed by atoms with Gasteiger partial charge in [0, 0.05) is 32.7 Å². The fourth-order valence-electron chi connectivity index (χ4n) is 2.33. The third-order valence-corrected chi connectivity index (χ3v) is 3.45. The third-order valence-electron chi connectivity index (χ3n) is 3.45. The number of aromatic nitrogens is 3. The molecule has 0 saturated carbocycles. The van der Waals surface area contributed by atoms with Crippen LogP contribution in [0.1, 0.15) is 12.1 Å². The zero-order valence-electron chi connectivity index (χ0n) is 11.6. The summed E-state index contributed by atoms with van der Waals surface area (Å²) in [5.41, 5.74) is 6.15. The molecule has 0 aromatic carbocycles. The first-order valence-corrected chi connectivity index (χ1v) is 6.93. The molecule has 0 aliphatic carbocycles. The molecule has 2 rings (SSSR count). The first-order valence-electron chi connectivity index (χ1n) is 6.93. The third kappa shape index (κ3) is 3.99. The van der Waals surface area contributed by atoms with Crippen LogP contribution in [-0.2, 0) is 17.9 Å². The minimum atomic E-state index is 0.0457. The van der Waals surface area contributed by atoms with Gasteiger partial charge in [0.15, 0.2) is 0 Å². The highest BCUT2D eigenvalue weighted by Gasteiger charge is 2.19. The molecular weight excluding hydrogens is 260 g/mol. The summed E-state index contributed by atoms with van der Waals surface area (Å²) in [6.07, 6.45) is 2.63. The summed E-state index contributed by atoms with van der Waals surface area (Å²) in [6.45, 7) is 4.53. The van der Waals surface area contributed by atoms with Gasteiger partial charge in [0.2, 0.25) is 5.91 Å². The highest BCUT2D eigenvalue weighted by molar-refractivity contribution is 5.75. The Morgan fingerprint density at radius 1 is 1.35 bits per heavy atom. The Bertz CT molecular complexity index is 435. The lowest BCUT2D eigenvalue weighted by Crippen LogP contribution is -2.37. The van der Waals surface area contributed by atoms with E-state index in [2.05, 4.69) is 15.2 Å². The molecule has 0 bridgehead atoms. The standard InChI is InChI=1S/C12H22N6O2/c13-8-11-9-18(15-14-11)10-12(20)17-3-1-2-16(4-5-17)6-7-19/h9,19H,1-8,10,13H2. The Kier molecular flexibility index (Phi) is 5.45. The summed E-state index contributed by atoms with van der Waals surface area (Å²) in [7, 11) is 0. The molecule has 8 heteroatoms. The topological polar surface area (TPSA) is 101 Å². The summed E-state index contributed by atoms with van der Waals surface area (Å²) in [4.78, 5) is 16.2. The molecule has 0 radical (unpaired) electrons. The second-order valence-electron chi connectivity index (χ2n) is 4.91. The lowest BCUT2D eigenvalue weighted by atomic mass is 10.3. The van der Waals surface area contributed by atoms with Gasteiger partial charge in [-0.05, 0) is 13.0 Å². The Balaban J connectivity index is 1.85. The number of aliphatic hydroxyl groups excluding tert-OH is 1. The van der Waals surface area contributed by atoms with Crippen LogP contribution in [0.3, 0.4) is 0 Å². The van der Waals surface area contributed by atoms with E-state index >= 15 is 0 Å². The van der Waals surface area contributed by atoms with Crippen molar-refractivity contribution in [3.8, 4) is 0 Å². The number of hydrogen-bond donors (Lipinski definition) is 2. The largest absolute Gasteiger partial charge is 0.395 e. The molecule has 3 N–H and O–H groups in total. The van der Waals surface area contributed by atoms with Gasteiger partial charge >= 0.3 is 0 Å². The fourth-order valence-corrected chi connectivity index (χ4v) is 2.33. The van der Waals surface area contributed by atoms with Crippen LogP contribution in [0.25, 0.3) is 0 Å². The van der Waals surface area contributed by atoms with E-state index in [1.165, 1.54) is 4.68 Å². The molecule has 1 aromatic rings. The monoisotopic (exact) mass is 282 g/mol. The molecule has 0 atom stereocenters. The van der Waals surface area contributed by atoms with Gasteiger partial charge in [-0.1, -0.05) is 5.21 Å². The molecule has 1 amide bonds. The van der Waals surface area contributed by atoms with Crippen molar-refractivity contribution in [2.45, 2.75) is 19.5 Å². The fraction of sp³-hybridized carbons (Fsp3) is 0.750. The maximum absolute atomic E-state index is 12.2. The van der Waals surface area contributed by atoms with E-state index < -0.39 is 0 Å². The quantitative estimate of drug-likeness (QED) is 0.665. The smallest absolute Gasteiger partial charge is 0.244 e. The van der Waals surface area contributed by atoms with Crippen LogP contribution in [0, 0.1) is 0 Å². The maximum atomic E-state index is 12.2. The van der Waals surface area contributed by atoms with Gasteiger partial charge in [-0.2, -0.15) is 0 Å². The predicted molar refractivity (Wildman–Crippen MR) is 72.6 cm³/mol. The second-order valence-corrected chi connectivity index (χ2v) is 4.91. The Labute approximate surface area is 118 Å². The van der Waals surface area contributed by atoms with E-state index in [-0.39, 0.29) is 19.1 Å². The maximum Gasteiger partial charge on any atom is 0.244 e. The summed E-state index contributed by atoms with van der Waals surface area (Å²) >= 11 is 0. The minimum absolute atomic E-state index is 0.0457. The number of nitrogens with two attached hydrogens (primary N) is 1. The lowest BCUT2D eigenvalue weighted by Gasteiger charge is -2.21.